The van der Waals surface area contributed by atoms with Gasteiger partial charge in [0.15, 0.2) is 0 Å². The molecule has 4 aliphatic heterocycles. The van der Waals surface area contributed by atoms with Crippen molar-refractivity contribution in [1.29, 1.82) is 0 Å². The third-order valence-electron chi connectivity index (χ3n) is 19.9. The Labute approximate surface area is 456 Å². The smallest absolute Gasteiger partial charge is 0.123 e. The molecule has 0 saturated carbocycles. The van der Waals surface area contributed by atoms with E-state index in [1.54, 1.807) is 20.7 Å². The number of nitrogens with zero attached hydrogens (tertiary/aromatic N) is 2. The third-order valence-corrected chi connectivity index (χ3v) is 30.6. The van der Waals surface area contributed by atoms with Crippen LogP contribution in [0.1, 0.15) is 60.8 Å². The van der Waals surface area contributed by atoms with Gasteiger partial charge >= 0.3 is 0 Å². The molecule has 0 N–H and O–H groups in total. The molecule has 0 unspecified atom stereocenters. The topological polar surface area (TPSA) is 6.48 Å². The van der Waals surface area contributed by atoms with Crippen LogP contribution in [0.15, 0.2) is 218 Å². The zero-order valence-corrected chi connectivity index (χ0v) is 46.3. The average Bonchev–Trinajstić information content (AvgIpc) is 4.17. The zero-order chi connectivity index (χ0) is 51.0. The molecule has 77 heavy (non-hydrogen) atoms. The van der Waals surface area contributed by atoms with Gasteiger partial charge in [0.25, 0.3) is 0 Å². The number of hydrogen-bond donors (Lipinski definition) is 0. The van der Waals surface area contributed by atoms with E-state index < -0.39 is 21.6 Å². The lowest BCUT2D eigenvalue weighted by Gasteiger charge is -2.45. The van der Waals surface area contributed by atoms with Crippen LogP contribution in [-0.4, -0.2) is 30.2 Å². The average molecular weight is 1020 g/mol. The van der Waals surface area contributed by atoms with Crippen LogP contribution in [0.4, 0.5) is 22.7 Å². The van der Waals surface area contributed by atoms with Gasteiger partial charge in [0.05, 0.1) is 5.41 Å². The summed E-state index contributed by atoms with van der Waals surface area (Å²) in [5, 5.41) is 6.58. The predicted molar refractivity (Wildman–Crippen MR) is 330 cm³/mol. The van der Waals surface area contributed by atoms with Gasteiger partial charge in [-0.25, -0.2) is 0 Å². The van der Waals surface area contributed by atoms with Crippen LogP contribution in [0.3, 0.4) is 0 Å². The van der Waals surface area contributed by atoms with Gasteiger partial charge in [-0.15, -0.1) is 0 Å². The van der Waals surface area contributed by atoms with Crippen molar-refractivity contribution in [3.05, 3.63) is 241 Å². The highest BCUT2D eigenvalue weighted by atomic mass is 28.3. The summed E-state index contributed by atoms with van der Waals surface area (Å²) >= 11 is 0. The van der Waals surface area contributed by atoms with Crippen molar-refractivity contribution in [1.82, 2.24) is 0 Å². The quantitative estimate of drug-likeness (QED) is 0.162. The second-order valence-corrected chi connectivity index (χ2v) is 31.9. The first-order chi connectivity index (χ1) is 37.9. The van der Waals surface area contributed by atoms with Crippen LogP contribution in [-0.2, 0) is 5.41 Å². The Hall–Kier alpha value is -7.77. The van der Waals surface area contributed by atoms with Crippen LogP contribution in [0, 0.1) is 0 Å². The van der Waals surface area contributed by atoms with Crippen molar-refractivity contribution in [2.75, 3.05) is 23.9 Å². The molecule has 4 heteroatoms. The molecule has 6 aliphatic rings. The van der Waals surface area contributed by atoms with E-state index in [1.165, 1.54) is 174 Å². The molecule has 4 heterocycles. The van der Waals surface area contributed by atoms with Gasteiger partial charge in [-0.05, 0) is 170 Å². The number of anilines is 4. The molecular weight excluding hydrogens is 961 g/mol. The second kappa shape index (κ2) is 17.1. The van der Waals surface area contributed by atoms with Gasteiger partial charge in [-0.2, -0.15) is 0 Å². The minimum Gasteiger partial charge on any atom is -0.345 e. The van der Waals surface area contributed by atoms with E-state index in [0.29, 0.717) is 0 Å². The monoisotopic (exact) mass is 1020 g/mol. The van der Waals surface area contributed by atoms with E-state index >= 15 is 0 Å². The summed E-state index contributed by atoms with van der Waals surface area (Å²) in [7, 11) is 0.938. The molecule has 0 amide bonds. The lowest BCUT2D eigenvalue weighted by molar-refractivity contribution is 0.720. The predicted octanol–water partition coefficient (Wildman–Crippen LogP) is 16.4. The summed E-state index contributed by atoms with van der Waals surface area (Å²) in [5.41, 5.74) is 26.1. The fourth-order valence-corrected chi connectivity index (χ4v) is 27.5. The summed E-state index contributed by atoms with van der Waals surface area (Å²) in [4.78, 5) is 4.96. The highest BCUT2D eigenvalue weighted by Crippen LogP contribution is 2.63. The molecule has 10 aromatic rings. The molecule has 16 rings (SSSR count). The van der Waals surface area contributed by atoms with E-state index in [9.17, 15) is 0 Å². The molecule has 2 nitrogen and oxygen atoms in total. The van der Waals surface area contributed by atoms with Crippen LogP contribution in [0.5, 0.6) is 0 Å². The molecule has 0 aromatic heterocycles. The number of benzene rings is 10. The van der Waals surface area contributed by atoms with Crippen molar-refractivity contribution in [3.63, 3.8) is 0 Å². The SMILES string of the molecule is CN1c2ccccc2[Si]2(CCCCC2)c2ccc(-c3ccc(-c4ccc5c(c4)C4(c6ccccc6-c6ccccc64)c4cc(-c6ccc(-c7ccc8c(c7)N(C)c7ccccc7[Si]87CCCCC7)cc6)ccc4-5)cc3)cc21. The van der Waals surface area contributed by atoms with Crippen LogP contribution in [0.2, 0.25) is 24.2 Å². The molecule has 2 fully saturated rings. The molecular formula is C73H62N2Si2. The number of hydrogen-bond acceptors (Lipinski definition) is 2. The summed E-state index contributed by atoms with van der Waals surface area (Å²) in [5.74, 6) is 0. The van der Waals surface area contributed by atoms with Crippen LogP contribution >= 0.6 is 0 Å². The Morgan fingerprint density at radius 1 is 0.273 bits per heavy atom. The Bertz CT molecular complexity index is 3780. The first-order valence-electron chi connectivity index (χ1n) is 28.6. The zero-order valence-electron chi connectivity index (χ0n) is 44.3. The Kier molecular flexibility index (Phi) is 10.1. The van der Waals surface area contributed by atoms with Crippen molar-refractivity contribution in [2.45, 2.75) is 68.1 Å². The Morgan fingerprint density at radius 3 is 1.00 bits per heavy atom. The first-order valence-corrected chi connectivity index (χ1v) is 33.4. The maximum atomic E-state index is 2.53. The highest BCUT2D eigenvalue weighted by Gasteiger charge is 2.52. The Balaban J connectivity index is 0.759. The molecule has 2 aliphatic carbocycles. The van der Waals surface area contributed by atoms with Crippen LogP contribution in [0.25, 0.3) is 66.8 Å². The third kappa shape index (κ3) is 6.40. The molecule has 0 atom stereocenters. The van der Waals surface area contributed by atoms with Crippen molar-refractivity contribution in [2.24, 2.45) is 0 Å². The number of fused-ring (bicyclic) bond motifs is 18. The summed E-state index contributed by atoms with van der Waals surface area (Å²) < 4.78 is 0. The lowest BCUT2D eigenvalue weighted by Crippen LogP contribution is -2.63. The van der Waals surface area contributed by atoms with Gasteiger partial charge in [-0.1, -0.05) is 221 Å². The fraction of sp³-hybridized carbons (Fsp3) is 0.178. The fourth-order valence-electron chi connectivity index (χ4n) is 16.3. The standard InChI is InChI=1S/C73H62N2Si2/c1-74-65-21-9-11-23-69(65)76(41-13-3-14-42-76)71-39-35-55(47-67(71)74)51-29-25-49(26-30-51)53-33-37-59-60-38-34-54(46-64(60)73(63(59)45-53)61-19-7-5-17-57(61)58-18-6-8-20-62(58)73)50-27-31-52(32-28-50)56-36-40-72-68(48-56)75(2)66-22-10-12-24-70(66)77(72)43-15-4-16-44-77/h5-12,17-40,45-48H,3-4,13-16,41-44H2,1-2H3. The van der Waals surface area contributed by atoms with Crippen molar-refractivity contribution in [3.8, 4) is 66.8 Å². The molecule has 372 valence electrons. The van der Waals surface area contributed by atoms with Crippen LogP contribution < -0.4 is 30.5 Å². The molecule has 2 saturated heterocycles. The lowest BCUT2D eigenvalue weighted by atomic mass is 9.70. The first kappa shape index (κ1) is 45.4. The second-order valence-electron chi connectivity index (χ2n) is 23.4. The molecule has 10 aromatic carbocycles. The maximum Gasteiger partial charge on any atom is 0.123 e. The molecule has 0 radical (unpaired) electrons. The Morgan fingerprint density at radius 2 is 0.584 bits per heavy atom. The van der Waals surface area contributed by atoms with Crippen molar-refractivity contribution < 1.29 is 0 Å². The number of rotatable bonds is 4. The van der Waals surface area contributed by atoms with E-state index in [-0.39, 0.29) is 0 Å². The van der Waals surface area contributed by atoms with E-state index in [0.717, 1.165) is 0 Å². The number of para-hydroxylation sites is 2. The van der Waals surface area contributed by atoms with Gasteiger partial charge < -0.3 is 9.80 Å². The summed E-state index contributed by atoms with van der Waals surface area (Å²) in [6.45, 7) is 0. The minimum absolute atomic E-state index is 0.455. The largest absolute Gasteiger partial charge is 0.345 e. The highest BCUT2D eigenvalue weighted by molar-refractivity contribution is 7.05. The maximum absolute atomic E-state index is 2.53. The van der Waals surface area contributed by atoms with E-state index in [2.05, 4.69) is 242 Å². The van der Waals surface area contributed by atoms with Gasteiger partial charge in [0.1, 0.15) is 16.1 Å². The van der Waals surface area contributed by atoms with Gasteiger partial charge in [-0.3, -0.25) is 0 Å². The van der Waals surface area contributed by atoms with Gasteiger partial charge in [0.2, 0.25) is 0 Å². The molecule has 3 spiro atoms. The normalized spacial score (nSPS) is 17.2. The van der Waals surface area contributed by atoms with E-state index in [1.807, 2.05) is 0 Å². The minimum atomic E-state index is -1.82. The summed E-state index contributed by atoms with van der Waals surface area (Å²) in [6.07, 6.45) is 8.15. The van der Waals surface area contributed by atoms with Gasteiger partial charge in [0, 0.05) is 36.8 Å². The summed E-state index contributed by atoms with van der Waals surface area (Å²) in [6, 6.07) is 90.9. The van der Waals surface area contributed by atoms with E-state index in [4.69, 9.17) is 0 Å². The molecule has 0 bridgehead atoms. The van der Waals surface area contributed by atoms with Crippen molar-refractivity contribution >= 4 is 59.6 Å².